The van der Waals surface area contributed by atoms with Crippen molar-refractivity contribution < 1.29 is 5.11 Å². The first-order valence-electron chi connectivity index (χ1n) is 9.03. The molecule has 2 aliphatic heterocycles. The molecule has 0 bridgehead atoms. The van der Waals surface area contributed by atoms with E-state index in [1.165, 1.54) is 71.2 Å². The largest absolute Gasteiger partial charge is 0.394 e. The standard InChI is InChI=1S/C17H33N3O/c1-18-17(14-21)8-4-5-15(17)7-10-19-11-12-20-9-3-2-6-16(20)13-19/h15-16,18,21H,2-14H2,1H3. The molecule has 0 amide bonds. The van der Waals surface area contributed by atoms with E-state index in [4.69, 9.17) is 0 Å². The van der Waals surface area contributed by atoms with Crippen LogP contribution in [-0.2, 0) is 0 Å². The number of hydrogen-bond acceptors (Lipinski definition) is 4. The predicted molar refractivity (Wildman–Crippen MR) is 86.5 cm³/mol. The van der Waals surface area contributed by atoms with E-state index in [-0.39, 0.29) is 5.54 Å². The van der Waals surface area contributed by atoms with E-state index in [1.54, 1.807) is 0 Å². The summed E-state index contributed by atoms with van der Waals surface area (Å²) in [5.41, 5.74) is 0.00661. The van der Waals surface area contributed by atoms with Crippen molar-refractivity contribution in [3.8, 4) is 0 Å². The molecule has 3 atom stereocenters. The molecule has 3 rings (SSSR count). The average Bonchev–Trinajstić information content (AvgIpc) is 2.96. The molecule has 4 nitrogen and oxygen atoms in total. The van der Waals surface area contributed by atoms with Crippen molar-refractivity contribution in [3.63, 3.8) is 0 Å². The van der Waals surface area contributed by atoms with E-state index in [9.17, 15) is 5.11 Å². The molecule has 1 saturated carbocycles. The maximum atomic E-state index is 9.80. The van der Waals surface area contributed by atoms with Gasteiger partial charge in [0.2, 0.25) is 0 Å². The van der Waals surface area contributed by atoms with Crippen LogP contribution in [0.2, 0.25) is 0 Å². The van der Waals surface area contributed by atoms with E-state index in [0.717, 1.165) is 12.5 Å². The van der Waals surface area contributed by atoms with Crippen molar-refractivity contribution in [2.75, 3.05) is 46.4 Å². The van der Waals surface area contributed by atoms with Crippen molar-refractivity contribution >= 4 is 0 Å². The molecule has 21 heavy (non-hydrogen) atoms. The van der Waals surface area contributed by atoms with E-state index < -0.39 is 0 Å². The normalized spacial score (nSPS) is 38.6. The monoisotopic (exact) mass is 295 g/mol. The molecule has 0 radical (unpaired) electrons. The Bertz CT molecular complexity index is 332. The minimum absolute atomic E-state index is 0.00661. The summed E-state index contributed by atoms with van der Waals surface area (Å²) >= 11 is 0. The second-order valence-corrected chi connectivity index (χ2v) is 7.43. The summed E-state index contributed by atoms with van der Waals surface area (Å²) in [5.74, 6) is 0.650. The van der Waals surface area contributed by atoms with Crippen molar-refractivity contribution in [1.29, 1.82) is 0 Å². The van der Waals surface area contributed by atoms with Gasteiger partial charge >= 0.3 is 0 Å². The number of fused-ring (bicyclic) bond motifs is 1. The van der Waals surface area contributed by atoms with Crippen LogP contribution in [0.15, 0.2) is 0 Å². The zero-order valence-corrected chi connectivity index (χ0v) is 13.7. The molecule has 0 spiro atoms. The van der Waals surface area contributed by atoms with Gasteiger partial charge in [0.25, 0.3) is 0 Å². The number of hydrogen-bond donors (Lipinski definition) is 2. The van der Waals surface area contributed by atoms with Crippen LogP contribution in [0.3, 0.4) is 0 Å². The molecule has 3 unspecified atom stereocenters. The molecule has 0 aromatic rings. The molecular formula is C17H33N3O. The number of aliphatic hydroxyl groups is 1. The van der Waals surface area contributed by atoms with Gasteiger partial charge in [-0.15, -0.1) is 0 Å². The van der Waals surface area contributed by atoms with Gasteiger partial charge in [0.15, 0.2) is 0 Å². The smallest absolute Gasteiger partial charge is 0.0615 e. The number of aliphatic hydroxyl groups excluding tert-OH is 1. The number of rotatable bonds is 5. The van der Waals surface area contributed by atoms with Crippen LogP contribution in [0, 0.1) is 5.92 Å². The fraction of sp³-hybridized carbons (Fsp3) is 1.00. The van der Waals surface area contributed by atoms with Crippen LogP contribution >= 0.6 is 0 Å². The molecule has 1 aliphatic carbocycles. The Morgan fingerprint density at radius 3 is 2.86 bits per heavy atom. The second-order valence-electron chi connectivity index (χ2n) is 7.43. The van der Waals surface area contributed by atoms with Crippen LogP contribution in [0.4, 0.5) is 0 Å². The number of likely N-dealkylation sites (N-methyl/N-ethyl adjacent to an activating group) is 1. The van der Waals surface area contributed by atoms with E-state index in [1.807, 2.05) is 7.05 Å². The summed E-state index contributed by atoms with van der Waals surface area (Å²) in [7, 11) is 2.02. The summed E-state index contributed by atoms with van der Waals surface area (Å²) in [6.07, 6.45) is 9.16. The first-order chi connectivity index (χ1) is 10.3. The van der Waals surface area contributed by atoms with Crippen LogP contribution in [0.25, 0.3) is 0 Å². The SMILES string of the molecule is CNC1(CO)CCCC1CCN1CCN2CCCCC2C1. The van der Waals surface area contributed by atoms with Crippen LogP contribution in [0.5, 0.6) is 0 Å². The molecule has 2 N–H and O–H groups in total. The average molecular weight is 295 g/mol. The summed E-state index contributed by atoms with van der Waals surface area (Å²) < 4.78 is 0. The topological polar surface area (TPSA) is 38.7 Å². The Morgan fingerprint density at radius 2 is 2.05 bits per heavy atom. The van der Waals surface area contributed by atoms with Crippen molar-refractivity contribution in [1.82, 2.24) is 15.1 Å². The Balaban J connectivity index is 1.49. The first kappa shape index (κ1) is 15.7. The van der Waals surface area contributed by atoms with Gasteiger partial charge in [-0.05, 0) is 58.2 Å². The molecule has 0 aromatic carbocycles. The fourth-order valence-electron chi connectivity index (χ4n) is 4.94. The van der Waals surface area contributed by atoms with Gasteiger partial charge < -0.3 is 15.3 Å². The molecule has 4 heteroatoms. The minimum Gasteiger partial charge on any atom is -0.394 e. The van der Waals surface area contributed by atoms with Crippen molar-refractivity contribution in [2.45, 2.75) is 56.5 Å². The maximum absolute atomic E-state index is 9.80. The summed E-state index contributed by atoms with van der Waals surface area (Å²) in [6, 6.07) is 0.822. The molecule has 3 aliphatic rings. The van der Waals surface area contributed by atoms with Crippen molar-refractivity contribution in [2.24, 2.45) is 5.92 Å². The maximum Gasteiger partial charge on any atom is 0.0615 e. The lowest BCUT2D eigenvalue weighted by Crippen LogP contribution is -2.55. The molecule has 122 valence electrons. The Kier molecular flexibility index (Phi) is 5.20. The summed E-state index contributed by atoms with van der Waals surface area (Å²) in [5, 5.41) is 13.2. The van der Waals surface area contributed by atoms with Gasteiger partial charge in [0, 0.05) is 31.2 Å². The van der Waals surface area contributed by atoms with Crippen LogP contribution in [-0.4, -0.2) is 72.9 Å². The zero-order chi connectivity index (χ0) is 14.7. The highest BCUT2D eigenvalue weighted by Gasteiger charge is 2.41. The highest BCUT2D eigenvalue weighted by Crippen LogP contribution is 2.37. The van der Waals surface area contributed by atoms with Gasteiger partial charge in [-0.2, -0.15) is 0 Å². The Hall–Kier alpha value is -0.160. The van der Waals surface area contributed by atoms with E-state index >= 15 is 0 Å². The van der Waals surface area contributed by atoms with E-state index in [2.05, 4.69) is 15.1 Å². The quantitative estimate of drug-likeness (QED) is 0.802. The van der Waals surface area contributed by atoms with Gasteiger partial charge in [0.05, 0.1) is 6.61 Å². The number of piperazine rings is 1. The predicted octanol–water partition coefficient (Wildman–Crippen LogP) is 1.30. The minimum atomic E-state index is 0.00661. The van der Waals surface area contributed by atoms with Gasteiger partial charge in [0.1, 0.15) is 0 Å². The molecule has 2 heterocycles. The lowest BCUT2D eigenvalue weighted by atomic mass is 9.85. The fourth-order valence-corrected chi connectivity index (χ4v) is 4.94. The highest BCUT2D eigenvalue weighted by atomic mass is 16.3. The third kappa shape index (κ3) is 3.29. The lowest BCUT2D eigenvalue weighted by Gasteiger charge is -2.44. The number of nitrogens with one attached hydrogen (secondary N) is 1. The highest BCUT2D eigenvalue weighted by molar-refractivity contribution is 4.98. The first-order valence-corrected chi connectivity index (χ1v) is 9.03. The Morgan fingerprint density at radius 1 is 1.14 bits per heavy atom. The zero-order valence-electron chi connectivity index (χ0n) is 13.7. The summed E-state index contributed by atoms with van der Waals surface area (Å²) in [6.45, 7) is 6.64. The molecule has 2 saturated heterocycles. The van der Waals surface area contributed by atoms with Gasteiger partial charge in [-0.25, -0.2) is 0 Å². The van der Waals surface area contributed by atoms with Crippen LogP contribution < -0.4 is 5.32 Å². The molecule has 0 aromatic heterocycles. The third-order valence-electron chi connectivity index (χ3n) is 6.45. The van der Waals surface area contributed by atoms with Crippen molar-refractivity contribution in [3.05, 3.63) is 0 Å². The second kappa shape index (κ2) is 6.95. The van der Waals surface area contributed by atoms with E-state index in [0.29, 0.717) is 12.5 Å². The lowest BCUT2D eigenvalue weighted by molar-refractivity contribution is 0.0421. The number of piperidine rings is 1. The van der Waals surface area contributed by atoms with Crippen LogP contribution in [0.1, 0.15) is 44.9 Å². The summed E-state index contributed by atoms with van der Waals surface area (Å²) in [4.78, 5) is 5.39. The Labute approximate surface area is 129 Å². The van der Waals surface area contributed by atoms with Gasteiger partial charge in [-0.1, -0.05) is 12.8 Å². The molecular weight excluding hydrogens is 262 g/mol. The van der Waals surface area contributed by atoms with Gasteiger partial charge in [-0.3, -0.25) is 4.90 Å². The number of nitrogens with zero attached hydrogens (tertiary/aromatic N) is 2. The molecule has 3 fully saturated rings. The third-order valence-corrected chi connectivity index (χ3v) is 6.45.